The van der Waals surface area contributed by atoms with Crippen molar-refractivity contribution in [2.45, 2.75) is 309 Å². The van der Waals surface area contributed by atoms with Crippen molar-refractivity contribution >= 4 is 19.8 Å². The van der Waals surface area contributed by atoms with Crippen LogP contribution >= 0.6 is 7.82 Å². The molecule has 0 aliphatic carbocycles. The molecule has 0 heterocycles. The second-order valence-electron chi connectivity index (χ2n) is 23.8. The van der Waals surface area contributed by atoms with Crippen LogP contribution in [-0.4, -0.2) is 70.0 Å². The summed E-state index contributed by atoms with van der Waals surface area (Å²) < 4.78 is 34.3. The number of phosphoric ester groups is 1. The van der Waals surface area contributed by atoms with Gasteiger partial charge in [-0.1, -0.05) is 304 Å². The summed E-state index contributed by atoms with van der Waals surface area (Å²) in [4.78, 5) is 38.0. The van der Waals surface area contributed by atoms with Crippen molar-refractivity contribution < 1.29 is 42.1 Å². The van der Waals surface area contributed by atoms with Gasteiger partial charge in [-0.25, -0.2) is 0 Å². The highest BCUT2D eigenvalue weighted by Gasteiger charge is 2.22. The predicted molar refractivity (Wildman–Crippen MR) is 346 cm³/mol. The number of carbonyl (C=O) groups excluding carboxylic acids is 2. The van der Waals surface area contributed by atoms with Gasteiger partial charge in [0, 0.05) is 12.8 Å². The zero-order valence-electron chi connectivity index (χ0n) is 53.5. The van der Waals surface area contributed by atoms with E-state index < -0.39 is 26.5 Å². The Balaban J connectivity index is 4.10. The van der Waals surface area contributed by atoms with E-state index in [2.05, 4.69) is 98.9 Å². The fraction of sp³-hybridized carbons (Fsp3) is 0.775. The Kier molecular flexibility index (Phi) is 59.6. The van der Waals surface area contributed by atoms with Gasteiger partial charge < -0.3 is 27.9 Å². The molecule has 0 N–H and O–H groups in total. The average Bonchev–Trinajstić information content (AvgIpc) is 3.43. The van der Waals surface area contributed by atoms with Crippen molar-refractivity contribution in [2.75, 3.05) is 47.5 Å². The molecule has 0 saturated heterocycles. The number of ether oxygens (including phenoxy) is 2. The third-order valence-electron chi connectivity index (χ3n) is 14.7. The number of hydrogen-bond acceptors (Lipinski definition) is 8. The molecule has 9 nitrogen and oxygen atoms in total. The van der Waals surface area contributed by atoms with Crippen LogP contribution in [0.1, 0.15) is 303 Å². The molecule has 81 heavy (non-hydrogen) atoms. The lowest BCUT2D eigenvalue weighted by Crippen LogP contribution is -2.37. The Labute approximate surface area is 501 Å². The van der Waals surface area contributed by atoms with Crippen molar-refractivity contribution in [3.05, 3.63) is 85.1 Å². The number of likely N-dealkylation sites (N-methyl/N-ethyl adjacent to an activating group) is 1. The maximum Gasteiger partial charge on any atom is 0.306 e. The molecule has 0 radical (unpaired) electrons. The minimum absolute atomic E-state index is 0.0356. The lowest BCUT2D eigenvalue weighted by molar-refractivity contribution is -0.870. The molecule has 0 aromatic carbocycles. The minimum Gasteiger partial charge on any atom is -0.756 e. The van der Waals surface area contributed by atoms with Crippen molar-refractivity contribution in [3.8, 4) is 0 Å². The lowest BCUT2D eigenvalue weighted by Gasteiger charge is -2.28. The summed E-state index contributed by atoms with van der Waals surface area (Å²) in [6.45, 7) is 4.15. The zero-order valence-corrected chi connectivity index (χ0v) is 54.4. The first-order chi connectivity index (χ1) is 39.5. The molecule has 0 aromatic rings. The standard InChI is InChI=1S/C71H128NO8P/c1-6-8-10-12-14-16-18-20-22-24-26-28-30-32-34-36-38-40-42-44-46-48-50-52-54-56-58-60-62-64-71(74)80-69(68-79-81(75,76)78-66-65-72(3,4)5)67-77-70(73)63-61-59-57-55-53-51-49-47-45-43-41-39-37-35-33-31-29-27-25-23-21-19-17-15-13-11-9-7-2/h8,10,14,16,20,22,26,28,32,34,38,40,44,46,69H,6-7,9,11-13,15,17-19,21,23-25,27,29-31,33,35-37,39,41-43,45,47-68H2,1-5H3/b10-8-,16-14-,22-20-,28-26-,34-32-,40-38-,46-44-. The summed E-state index contributed by atoms with van der Waals surface area (Å²) in [5, 5.41) is 0. The minimum atomic E-state index is -4.65. The largest absolute Gasteiger partial charge is 0.756 e. The van der Waals surface area contributed by atoms with Crippen molar-refractivity contribution in [1.82, 2.24) is 0 Å². The van der Waals surface area contributed by atoms with Gasteiger partial charge in [0.1, 0.15) is 19.8 Å². The first-order valence-corrected chi connectivity index (χ1v) is 35.3. The Bertz CT molecular complexity index is 1640. The highest BCUT2D eigenvalue weighted by molar-refractivity contribution is 7.45. The average molecular weight is 1150 g/mol. The number of nitrogens with zero attached hydrogens (tertiary/aromatic N) is 1. The SMILES string of the molecule is CC/C=C\C/C=C\C/C=C\C/C=C\C/C=C\C/C=C\C/C=C\CCCCCCCCCC(=O)OC(COC(=O)CCCCCCCCCCCCCCCCCCCCCCCCCCCCCC)COP(=O)([O-])OCC[N+](C)(C)C. The number of esters is 2. The van der Waals surface area contributed by atoms with Gasteiger partial charge in [0.15, 0.2) is 6.10 Å². The molecular formula is C71H128NO8P. The number of unbranched alkanes of at least 4 members (excludes halogenated alkanes) is 34. The molecule has 0 rings (SSSR count). The van der Waals surface area contributed by atoms with Crippen LogP contribution in [0.4, 0.5) is 0 Å². The third kappa shape index (κ3) is 66.2. The third-order valence-corrected chi connectivity index (χ3v) is 15.6. The van der Waals surface area contributed by atoms with E-state index in [0.717, 1.165) is 89.9 Å². The van der Waals surface area contributed by atoms with Crippen molar-refractivity contribution in [1.29, 1.82) is 0 Å². The van der Waals surface area contributed by atoms with Crippen LogP contribution in [0.5, 0.6) is 0 Å². The summed E-state index contributed by atoms with van der Waals surface area (Å²) in [6, 6.07) is 0. The fourth-order valence-corrected chi connectivity index (χ4v) is 10.3. The Morgan fingerprint density at radius 2 is 0.704 bits per heavy atom. The van der Waals surface area contributed by atoms with Crippen molar-refractivity contribution in [2.24, 2.45) is 0 Å². The van der Waals surface area contributed by atoms with Gasteiger partial charge in [-0.05, 0) is 70.6 Å². The molecule has 0 fully saturated rings. The van der Waals surface area contributed by atoms with Crippen LogP contribution in [0.15, 0.2) is 85.1 Å². The van der Waals surface area contributed by atoms with Crippen LogP contribution in [0.3, 0.4) is 0 Å². The smallest absolute Gasteiger partial charge is 0.306 e. The lowest BCUT2D eigenvalue weighted by atomic mass is 10.0. The van der Waals surface area contributed by atoms with E-state index in [1.165, 1.54) is 180 Å². The molecule has 2 unspecified atom stereocenters. The molecule has 0 aliphatic heterocycles. The van der Waals surface area contributed by atoms with Gasteiger partial charge in [0.05, 0.1) is 27.7 Å². The molecule has 0 bridgehead atoms. The molecule has 2 atom stereocenters. The summed E-state index contributed by atoms with van der Waals surface area (Å²) >= 11 is 0. The van der Waals surface area contributed by atoms with E-state index in [9.17, 15) is 19.0 Å². The van der Waals surface area contributed by atoms with Gasteiger partial charge in [-0.3, -0.25) is 14.2 Å². The monoisotopic (exact) mass is 1150 g/mol. The summed E-state index contributed by atoms with van der Waals surface area (Å²) in [5.74, 6) is -0.838. The fourth-order valence-electron chi connectivity index (χ4n) is 9.52. The van der Waals surface area contributed by atoms with Crippen LogP contribution in [0.2, 0.25) is 0 Å². The predicted octanol–water partition coefficient (Wildman–Crippen LogP) is 21.1. The molecular weight excluding hydrogens is 1030 g/mol. The Hall–Kier alpha value is -2.81. The zero-order chi connectivity index (χ0) is 59.1. The first kappa shape index (κ1) is 78.2. The van der Waals surface area contributed by atoms with Crippen molar-refractivity contribution in [3.63, 3.8) is 0 Å². The number of carbonyl (C=O) groups is 2. The normalized spacial score (nSPS) is 13.7. The molecule has 0 aliphatic rings. The Morgan fingerprint density at radius 1 is 0.395 bits per heavy atom. The maximum atomic E-state index is 12.8. The second kappa shape index (κ2) is 61.7. The first-order valence-electron chi connectivity index (χ1n) is 33.8. The van der Waals surface area contributed by atoms with Gasteiger partial charge in [-0.2, -0.15) is 0 Å². The van der Waals surface area contributed by atoms with Crippen LogP contribution in [0.25, 0.3) is 0 Å². The summed E-state index contributed by atoms with van der Waals surface area (Å²) in [7, 11) is 1.16. The number of rotatable bonds is 62. The Morgan fingerprint density at radius 3 is 1.05 bits per heavy atom. The number of allylic oxidation sites excluding steroid dienone is 14. The van der Waals surface area contributed by atoms with E-state index in [-0.39, 0.29) is 32.0 Å². The summed E-state index contributed by atoms with van der Waals surface area (Å²) in [5.41, 5.74) is 0. The van der Waals surface area contributed by atoms with E-state index in [1.807, 2.05) is 21.1 Å². The quantitative estimate of drug-likeness (QED) is 0.0195. The second-order valence-corrected chi connectivity index (χ2v) is 25.2. The highest BCUT2D eigenvalue weighted by Crippen LogP contribution is 2.38. The van der Waals surface area contributed by atoms with E-state index in [4.69, 9.17) is 18.5 Å². The molecule has 470 valence electrons. The molecule has 0 spiro atoms. The van der Waals surface area contributed by atoms with E-state index in [1.54, 1.807) is 0 Å². The van der Waals surface area contributed by atoms with E-state index >= 15 is 0 Å². The molecule has 10 heteroatoms. The summed E-state index contributed by atoms with van der Waals surface area (Å²) in [6.07, 6.45) is 83.7. The number of phosphoric acid groups is 1. The number of quaternary nitrogens is 1. The van der Waals surface area contributed by atoms with Crippen LogP contribution < -0.4 is 4.89 Å². The van der Waals surface area contributed by atoms with Gasteiger partial charge in [-0.15, -0.1) is 0 Å². The van der Waals surface area contributed by atoms with Gasteiger partial charge >= 0.3 is 11.9 Å². The van der Waals surface area contributed by atoms with Gasteiger partial charge in [0.2, 0.25) is 0 Å². The van der Waals surface area contributed by atoms with E-state index in [0.29, 0.717) is 17.4 Å². The maximum absolute atomic E-state index is 12.8. The molecule has 0 amide bonds. The van der Waals surface area contributed by atoms with Crippen LogP contribution in [0, 0.1) is 0 Å². The number of hydrogen-bond donors (Lipinski definition) is 0. The van der Waals surface area contributed by atoms with Crippen LogP contribution in [-0.2, 0) is 32.7 Å². The topological polar surface area (TPSA) is 111 Å². The van der Waals surface area contributed by atoms with Gasteiger partial charge in [0.25, 0.3) is 7.82 Å². The molecule has 0 aromatic heterocycles. The molecule has 0 saturated carbocycles. The highest BCUT2D eigenvalue weighted by atomic mass is 31.2.